The number of aryl methyl sites for hydroxylation is 1. The summed E-state index contributed by atoms with van der Waals surface area (Å²) < 4.78 is 2.10. The van der Waals surface area contributed by atoms with Crippen molar-refractivity contribution in [3.8, 4) is 0 Å². The second-order valence-corrected chi connectivity index (χ2v) is 5.50. The lowest BCUT2D eigenvalue weighted by atomic mass is 10.1. The van der Waals surface area contributed by atoms with Crippen LogP contribution >= 0.6 is 11.6 Å². The van der Waals surface area contributed by atoms with Gasteiger partial charge in [-0.05, 0) is 30.7 Å². The van der Waals surface area contributed by atoms with E-state index in [-0.39, 0.29) is 0 Å². The molecule has 0 saturated heterocycles. The monoisotopic (exact) mass is 300 g/mol. The first-order chi connectivity index (χ1) is 10.2. The minimum atomic E-state index is 0.718. The Morgan fingerprint density at radius 3 is 2.95 bits per heavy atom. The van der Waals surface area contributed by atoms with Crippen molar-refractivity contribution in [2.45, 2.75) is 13.0 Å². The van der Waals surface area contributed by atoms with Crippen LogP contribution in [0.3, 0.4) is 0 Å². The van der Waals surface area contributed by atoms with Crippen LogP contribution in [0.4, 0.5) is 5.69 Å². The van der Waals surface area contributed by atoms with Crippen molar-refractivity contribution in [2.24, 2.45) is 0 Å². The molecule has 0 aliphatic heterocycles. The highest BCUT2D eigenvalue weighted by atomic mass is 35.5. The molecule has 4 nitrogen and oxygen atoms in total. The van der Waals surface area contributed by atoms with Gasteiger partial charge in [0.05, 0.1) is 11.8 Å². The Morgan fingerprint density at radius 1 is 1.24 bits per heavy atom. The Bertz CT molecular complexity index is 724. The Balaban J connectivity index is 1.73. The molecule has 0 fully saturated rings. The van der Waals surface area contributed by atoms with E-state index in [0.717, 1.165) is 35.4 Å². The fraction of sp³-hybridized carbons (Fsp3) is 0.250. The van der Waals surface area contributed by atoms with E-state index in [1.165, 1.54) is 5.69 Å². The number of fused-ring (bicyclic) bond motifs is 1. The lowest BCUT2D eigenvalue weighted by molar-refractivity contribution is 0.638. The minimum absolute atomic E-state index is 0.718. The van der Waals surface area contributed by atoms with Crippen molar-refractivity contribution in [1.82, 2.24) is 14.5 Å². The molecule has 0 bridgehead atoms. The van der Waals surface area contributed by atoms with E-state index in [9.17, 15) is 0 Å². The van der Waals surface area contributed by atoms with E-state index in [4.69, 9.17) is 11.6 Å². The molecule has 5 heteroatoms. The highest BCUT2D eigenvalue weighted by Gasteiger charge is 2.07. The van der Waals surface area contributed by atoms with Gasteiger partial charge in [0, 0.05) is 54.8 Å². The van der Waals surface area contributed by atoms with Gasteiger partial charge in [0.25, 0.3) is 0 Å². The van der Waals surface area contributed by atoms with E-state index in [1.807, 2.05) is 49.2 Å². The summed E-state index contributed by atoms with van der Waals surface area (Å²) in [5.41, 5.74) is 2.11. The van der Waals surface area contributed by atoms with Crippen LogP contribution in [0.2, 0.25) is 5.02 Å². The first kappa shape index (κ1) is 13.9. The highest BCUT2D eigenvalue weighted by Crippen LogP contribution is 2.26. The highest BCUT2D eigenvalue weighted by molar-refractivity contribution is 6.31. The zero-order valence-corrected chi connectivity index (χ0v) is 12.7. The van der Waals surface area contributed by atoms with Crippen LogP contribution in [0.5, 0.6) is 0 Å². The molecule has 1 aromatic carbocycles. The van der Waals surface area contributed by atoms with Crippen LogP contribution in [0.15, 0.2) is 49.2 Å². The van der Waals surface area contributed by atoms with Crippen molar-refractivity contribution < 1.29 is 0 Å². The summed E-state index contributed by atoms with van der Waals surface area (Å²) in [5.74, 6) is 0. The number of aromatic nitrogens is 3. The van der Waals surface area contributed by atoms with E-state index in [0.29, 0.717) is 0 Å². The summed E-state index contributed by atoms with van der Waals surface area (Å²) in [5, 5.41) is 1.85. The van der Waals surface area contributed by atoms with Crippen LogP contribution < -0.4 is 4.90 Å². The molecule has 0 aliphatic rings. The lowest BCUT2D eigenvalue weighted by Gasteiger charge is -2.21. The molecule has 0 atom stereocenters. The summed E-state index contributed by atoms with van der Waals surface area (Å²) in [6, 6.07) is 7.90. The summed E-state index contributed by atoms with van der Waals surface area (Å²) in [6.45, 7) is 1.94. The first-order valence-corrected chi connectivity index (χ1v) is 7.33. The fourth-order valence-corrected chi connectivity index (χ4v) is 2.64. The number of nitrogens with zero attached hydrogens (tertiary/aromatic N) is 4. The third kappa shape index (κ3) is 3.16. The second-order valence-electron chi connectivity index (χ2n) is 5.07. The second kappa shape index (κ2) is 6.14. The Hall–Kier alpha value is -2.07. The number of halogens is 1. The standard InChI is InChI=1S/C16H17ClN4/c1-20(8-2-9-21-10-7-18-12-21)16-5-6-19-15-11-13(17)3-4-14(15)16/h3-7,10-12H,2,8-9H2,1H3. The predicted octanol–water partition coefficient (Wildman–Crippen LogP) is 3.61. The SMILES string of the molecule is CN(CCCn1ccnc1)c1ccnc2cc(Cl)ccc12. The largest absolute Gasteiger partial charge is 0.374 e. The topological polar surface area (TPSA) is 34.0 Å². The summed E-state index contributed by atoms with van der Waals surface area (Å²) in [4.78, 5) is 10.7. The number of imidazole rings is 1. The molecule has 0 unspecified atom stereocenters. The van der Waals surface area contributed by atoms with Crippen molar-refractivity contribution in [2.75, 3.05) is 18.5 Å². The van der Waals surface area contributed by atoms with Gasteiger partial charge >= 0.3 is 0 Å². The number of hydrogen-bond acceptors (Lipinski definition) is 3. The average molecular weight is 301 g/mol. The maximum atomic E-state index is 6.03. The van der Waals surface area contributed by atoms with Crippen molar-refractivity contribution in [3.63, 3.8) is 0 Å². The van der Waals surface area contributed by atoms with E-state index in [2.05, 4.69) is 26.5 Å². The fourth-order valence-electron chi connectivity index (χ4n) is 2.47. The maximum Gasteiger partial charge on any atom is 0.0945 e. The van der Waals surface area contributed by atoms with Crippen LogP contribution in [0.25, 0.3) is 10.9 Å². The number of rotatable bonds is 5. The van der Waals surface area contributed by atoms with Crippen LogP contribution in [0.1, 0.15) is 6.42 Å². The first-order valence-electron chi connectivity index (χ1n) is 6.95. The zero-order valence-electron chi connectivity index (χ0n) is 11.9. The van der Waals surface area contributed by atoms with Gasteiger partial charge in [-0.1, -0.05) is 11.6 Å². The van der Waals surface area contributed by atoms with Gasteiger partial charge in [0.15, 0.2) is 0 Å². The Labute approximate surface area is 129 Å². The molecule has 0 saturated carbocycles. The van der Waals surface area contributed by atoms with Gasteiger partial charge in [-0.25, -0.2) is 4.98 Å². The number of pyridine rings is 1. The summed E-state index contributed by atoms with van der Waals surface area (Å²) >= 11 is 6.03. The summed E-state index contributed by atoms with van der Waals surface area (Å²) in [7, 11) is 2.11. The molecule has 0 amide bonds. The Morgan fingerprint density at radius 2 is 2.14 bits per heavy atom. The molecule has 21 heavy (non-hydrogen) atoms. The molecule has 0 N–H and O–H groups in total. The van der Waals surface area contributed by atoms with Gasteiger partial charge in [-0.3, -0.25) is 4.98 Å². The molecule has 3 rings (SSSR count). The third-order valence-electron chi connectivity index (χ3n) is 3.56. The maximum absolute atomic E-state index is 6.03. The zero-order chi connectivity index (χ0) is 14.7. The molecule has 0 spiro atoms. The normalized spacial score (nSPS) is 11.0. The molecule has 2 aromatic heterocycles. The molecule has 2 heterocycles. The molecule has 0 radical (unpaired) electrons. The minimum Gasteiger partial charge on any atom is -0.374 e. The quantitative estimate of drug-likeness (QED) is 0.722. The van der Waals surface area contributed by atoms with Crippen LogP contribution in [0, 0.1) is 0 Å². The smallest absolute Gasteiger partial charge is 0.0945 e. The van der Waals surface area contributed by atoms with Gasteiger partial charge in [0.2, 0.25) is 0 Å². The van der Waals surface area contributed by atoms with Crippen molar-refractivity contribution in [1.29, 1.82) is 0 Å². The van der Waals surface area contributed by atoms with Gasteiger partial charge < -0.3 is 9.47 Å². The summed E-state index contributed by atoms with van der Waals surface area (Å²) in [6.07, 6.45) is 8.54. The molecular weight excluding hydrogens is 284 g/mol. The third-order valence-corrected chi connectivity index (χ3v) is 3.80. The molecule has 0 aliphatic carbocycles. The molecule has 108 valence electrons. The molecular formula is C16H17ClN4. The van der Waals surface area contributed by atoms with Gasteiger partial charge in [-0.15, -0.1) is 0 Å². The predicted molar refractivity (Wildman–Crippen MR) is 86.9 cm³/mol. The van der Waals surface area contributed by atoms with Crippen molar-refractivity contribution in [3.05, 3.63) is 54.2 Å². The average Bonchev–Trinajstić information content (AvgIpc) is 2.99. The van der Waals surface area contributed by atoms with E-state index >= 15 is 0 Å². The van der Waals surface area contributed by atoms with Gasteiger partial charge in [0.1, 0.15) is 0 Å². The van der Waals surface area contributed by atoms with Crippen LogP contribution in [-0.4, -0.2) is 28.1 Å². The van der Waals surface area contributed by atoms with Gasteiger partial charge in [-0.2, -0.15) is 0 Å². The van der Waals surface area contributed by atoms with E-state index < -0.39 is 0 Å². The van der Waals surface area contributed by atoms with Crippen molar-refractivity contribution >= 4 is 28.2 Å². The number of benzene rings is 1. The lowest BCUT2D eigenvalue weighted by Crippen LogP contribution is -2.20. The molecule has 3 aromatic rings. The Kier molecular flexibility index (Phi) is 4.06. The number of hydrogen-bond donors (Lipinski definition) is 0. The number of anilines is 1. The van der Waals surface area contributed by atoms with Crippen LogP contribution in [-0.2, 0) is 6.54 Å². The van der Waals surface area contributed by atoms with E-state index in [1.54, 1.807) is 0 Å².